The molecule has 1 aromatic heterocycles. The summed E-state index contributed by atoms with van der Waals surface area (Å²) in [4.78, 5) is 20.8. The minimum absolute atomic E-state index is 0.112. The van der Waals surface area contributed by atoms with Gasteiger partial charge in [0.05, 0.1) is 11.0 Å². The number of ether oxygens (including phenoxy) is 1. The summed E-state index contributed by atoms with van der Waals surface area (Å²) >= 11 is 0. The topological polar surface area (TPSA) is 103 Å². The Balaban J connectivity index is 2.20. The molecule has 1 heterocycles. The highest BCUT2D eigenvalue weighted by atomic mass is 19.1. The van der Waals surface area contributed by atoms with Crippen molar-refractivity contribution >= 4 is 11.7 Å². The first-order valence-electron chi connectivity index (χ1n) is 5.78. The van der Waals surface area contributed by atoms with Crippen molar-refractivity contribution in [3.8, 4) is 5.75 Å². The maximum atomic E-state index is 13.0. The van der Waals surface area contributed by atoms with Gasteiger partial charge in [0.1, 0.15) is 18.2 Å². The van der Waals surface area contributed by atoms with E-state index in [-0.39, 0.29) is 18.1 Å². The van der Waals surface area contributed by atoms with Gasteiger partial charge in [0.15, 0.2) is 5.75 Å². The van der Waals surface area contributed by atoms with Crippen molar-refractivity contribution in [3.63, 3.8) is 0 Å². The van der Waals surface area contributed by atoms with Gasteiger partial charge in [0.2, 0.25) is 5.76 Å². The van der Waals surface area contributed by atoms with Crippen LogP contribution >= 0.6 is 0 Å². The van der Waals surface area contributed by atoms with Crippen molar-refractivity contribution in [1.82, 2.24) is 0 Å². The summed E-state index contributed by atoms with van der Waals surface area (Å²) in [5, 5.41) is 19.6. The molecule has 0 atom stereocenters. The van der Waals surface area contributed by atoms with Crippen LogP contribution < -0.4 is 4.74 Å². The number of nitro benzene ring substituents is 1. The van der Waals surface area contributed by atoms with Crippen molar-refractivity contribution in [1.29, 1.82) is 0 Å². The van der Waals surface area contributed by atoms with E-state index in [0.717, 1.165) is 18.2 Å². The molecule has 110 valence electrons. The largest absolute Gasteiger partial charge is 0.482 e. The third kappa shape index (κ3) is 3.16. The maximum absolute atomic E-state index is 13.0. The number of nitrogens with zero attached hydrogens (tertiary/aromatic N) is 1. The van der Waals surface area contributed by atoms with E-state index in [9.17, 15) is 19.3 Å². The lowest BCUT2D eigenvalue weighted by molar-refractivity contribution is -0.386. The summed E-state index contributed by atoms with van der Waals surface area (Å²) in [6.07, 6.45) is 0. The van der Waals surface area contributed by atoms with E-state index in [2.05, 4.69) is 0 Å². The van der Waals surface area contributed by atoms with Crippen LogP contribution in [0.25, 0.3) is 0 Å². The van der Waals surface area contributed by atoms with Crippen LogP contribution in [-0.4, -0.2) is 16.0 Å². The zero-order chi connectivity index (χ0) is 15.6. The summed E-state index contributed by atoms with van der Waals surface area (Å²) in [5.74, 6) is -2.01. The van der Waals surface area contributed by atoms with Gasteiger partial charge in [-0.05, 0) is 25.1 Å². The summed E-state index contributed by atoms with van der Waals surface area (Å²) in [6, 6.07) is 4.20. The number of hydrogen-bond donors (Lipinski definition) is 1. The average Bonchev–Trinajstić information content (AvgIpc) is 2.79. The molecular formula is C13H10FNO6. The van der Waals surface area contributed by atoms with Gasteiger partial charge in [-0.1, -0.05) is 0 Å². The maximum Gasteiger partial charge on any atom is 0.371 e. The quantitative estimate of drug-likeness (QED) is 0.672. The van der Waals surface area contributed by atoms with Crippen LogP contribution in [0.3, 0.4) is 0 Å². The first-order valence-corrected chi connectivity index (χ1v) is 5.78. The number of rotatable bonds is 5. The van der Waals surface area contributed by atoms with Gasteiger partial charge in [-0.25, -0.2) is 9.18 Å². The Morgan fingerprint density at radius 3 is 2.76 bits per heavy atom. The van der Waals surface area contributed by atoms with E-state index >= 15 is 0 Å². The van der Waals surface area contributed by atoms with Crippen LogP contribution in [0.2, 0.25) is 0 Å². The van der Waals surface area contributed by atoms with Crippen LogP contribution in [0.5, 0.6) is 5.75 Å². The minimum atomic E-state index is -1.22. The van der Waals surface area contributed by atoms with Crippen molar-refractivity contribution in [2.24, 2.45) is 0 Å². The third-order valence-corrected chi connectivity index (χ3v) is 2.73. The van der Waals surface area contributed by atoms with Gasteiger partial charge >= 0.3 is 11.7 Å². The number of aromatic carboxylic acids is 1. The standard InChI is InChI=1S/C13H10FNO6/c1-7-8(4-12(21-7)13(16)17)6-20-11-3-2-9(14)5-10(11)15(18)19/h2-5H,6H2,1H3,(H,16,17). The van der Waals surface area contributed by atoms with Crippen LogP contribution in [0.1, 0.15) is 21.9 Å². The van der Waals surface area contributed by atoms with E-state index in [0.29, 0.717) is 11.3 Å². The summed E-state index contributed by atoms with van der Waals surface area (Å²) < 4.78 is 23.2. The van der Waals surface area contributed by atoms with Crippen molar-refractivity contribution in [3.05, 3.63) is 57.3 Å². The summed E-state index contributed by atoms with van der Waals surface area (Å²) in [7, 11) is 0. The fourth-order valence-electron chi connectivity index (χ4n) is 1.68. The molecule has 0 bridgehead atoms. The highest BCUT2D eigenvalue weighted by molar-refractivity contribution is 5.84. The van der Waals surface area contributed by atoms with Crippen molar-refractivity contribution in [2.75, 3.05) is 0 Å². The molecule has 8 heteroatoms. The van der Waals surface area contributed by atoms with Crippen LogP contribution in [0.15, 0.2) is 28.7 Å². The van der Waals surface area contributed by atoms with Gasteiger partial charge in [0.25, 0.3) is 0 Å². The molecular weight excluding hydrogens is 285 g/mol. The van der Waals surface area contributed by atoms with E-state index < -0.39 is 22.4 Å². The van der Waals surface area contributed by atoms with E-state index in [1.54, 1.807) is 6.92 Å². The highest BCUT2D eigenvalue weighted by Crippen LogP contribution is 2.28. The van der Waals surface area contributed by atoms with Crippen LogP contribution in [-0.2, 0) is 6.61 Å². The molecule has 0 unspecified atom stereocenters. The predicted molar refractivity (Wildman–Crippen MR) is 67.8 cm³/mol. The fraction of sp³-hybridized carbons (Fsp3) is 0.154. The highest BCUT2D eigenvalue weighted by Gasteiger charge is 2.18. The fourth-order valence-corrected chi connectivity index (χ4v) is 1.68. The van der Waals surface area contributed by atoms with Crippen molar-refractivity contribution in [2.45, 2.75) is 13.5 Å². The second-order valence-electron chi connectivity index (χ2n) is 4.16. The van der Waals surface area contributed by atoms with Gasteiger partial charge in [0, 0.05) is 5.56 Å². The third-order valence-electron chi connectivity index (χ3n) is 2.73. The molecule has 0 saturated carbocycles. The first-order chi connectivity index (χ1) is 9.88. The zero-order valence-corrected chi connectivity index (χ0v) is 10.8. The summed E-state index contributed by atoms with van der Waals surface area (Å²) in [5.41, 5.74) is -0.0689. The van der Waals surface area contributed by atoms with Gasteiger partial charge in [-0.3, -0.25) is 10.1 Å². The lowest BCUT2D eigenvalue weighted by Gasteiger charge is -2.05. The molecule has 1 N–H and O–H groups in total. The molecule has 2 aromatic rings. The number of carboxylic acid groups (broad SMARTS) is 1. The molecule has 0 aliphatic heterocycles. The smallest absolute Gasteiger partial charge is 0.371 e. The first kappa shape index (κ1) is 14.5. The second kappa shape index (κ2) is 5.61. The number of aryl methyl sites for hydroxylation is 1. The number of nitro groups is 1. The average molecular weight is 295 g/mol. The number of halogens is 1. The number of carbonyl (C=O) groups is 1. The molecule has 0 aliphatic carbocycles. The Labute approximate surface area is 117 Å². The molecule has 0 saturated heterocycles. The van der Waals surface area contributed by atoms with Crippen LogP contribution in [0.4, 0.5) is 10.1 Å². The minimum Gasteiger partial charge on any atom is -0.482 e. The normalized spacial score (nSPS) is 10.4. The summed E-state index contributed by atoms with van der Waals surface area (Å²) in [6.45, 7) is 1.42. The molecule has 7 nitrogen and oxygen atoms in total. The molecule has 1 aromatic carbocycles. The molecule has 0 spiro atoms. The molecule has 0 radical (unpaired) electrons. The predicted octanol–water partition coefficient (Wildman–Crippen LogP) is 2.91. The lowest BCUT2D eigenvalue weighted by atomic mass is 10.2. The van der Waals surface area contributed by atoms with Gasteiger partial charge < -0.3 is 14.3 Å². The molecule has 0 aliphatic rings. The number of furan rings is 1. The zero-order valence-electron chi connectivity index (χ0n) is 10.8. The SMILES string of the molecule is Cc1oc(C(=O)O)cc1COc1ccc(F)cc1[N+](=O)[O-]. The van der Waals surface area contributed by atoms with Crippen molar-refractivity contribution < 1.29 is 28.4 Å². The van der Waals surface area contributed by atoms with E-state index in [1.807, 2.05) is 0 Å². The molecule has 0 amide bonds. The van der Waals surface area contributed by atoms with E-state index in [1.165, 1.54) is 6.07 Å². The number of carboxylic acids is 1. The Morgan fingerprint density at radius 2 is 2.19 bits per heavy atom. The van der Waals surface area contributed by atoms with E-state index in [4.69, 9.17) is 14.3 Å². The Hall–Kier alpha value is -2.90. The monoisotopic (exact) mass is 295 g/mol. The second-order valence-corrected chi connectivity index (χ2v) is 4.16. The van der Waals surface area contributed by atoms with Gasteiger partial charge in [-0.2, -0.15) is 0 Å². The number of benzene rings is 1. The van der Waals surface area contributed by atoms with Crippen LogP contribution in [0, 0.1) is 22.9 Å². The molecule has 21 heavy (non-hydrogen) atoms. The molecule has 0 fully saturated rings. The Bertz CT molecular complexity index is 709. The lowest BCUT2D eigenvalue weighted by Crippen LogP contribution is -2.00. The number of hydrogen-bond acceptors (Lipinski definition) is 5. The molecule has 2 rings (SSSR count). The van der Waals surface area contributed by atoms with Gasteiger partial charge in [-0.15, -0.1) is 0 Å². The Kier molecular flexibility index (Phi) is 3.88. The Morgan fingerprint density at radius 1 is 1.48 bits per heavy atom.